The predicted octanol–water partition coefficient (Wildman–Crippen LogP) is 4.53. The van der Waals surface area contributed by atoms with Crippen molar-refractivity contribution in [2.75, 3.05) is 19.5 Å². The Kier molecular flexibility index (Phi) is 7.17. The summed E-state index contributed by atoms with van der Waals surface area (Å²) in [6, 6.07) is 12.9. The smallest absolute Gasteiger partial charge is 0.302 e. The number of imidazole rings is 1. The Hall–Kier alpha value is -3.79. The number of aromatic nitrogens is 2. The molecule has 176 valence electrons. The van der Waals surface area contributed by atoms with Gasteiger partial charge < -0.3 is 19.8 Å². The van der Waals surface area contributed by atoms with Crippen LogP contribution >= 0.6 is 11.8 Å². The molecule has 1 aliphatic heterocycles. The highest BCUT2D eigenvalue weighted by molar-refractivity contribution is 8.14. The predicted molar refractivity (Wildman–Crippen MR) is 132 cm³/mol. The normalized spacial score (nSPS) is 15.6. The lowest BCUT2D eigenvalue weighted by atomic mass is 10.0. The van der Waals surface area contributed by atoms with Crippen molar-refractivity contribution < 1.29 is 19.1 Å². The molecule has 9 nitrogen and oxygen atoms in total. The van der Waals surface area contributed by atoms with E-state index < -0.39 is 0 Å². The highest BCUT2D eigenvalue weighted by Crippen LogP contribution is 2.34. The van der Waals surface area contributed by atoms with E-state index in [-0.39, 0.29) is 22.9 Å². The highest BCUT2D eigenvalue weighted by atomic mass is 32.2. The Labute approximate surface area is 201 Å². The number of hydrogen-bond acceptors (Lipinski definition) is 7. The van der Waals surface area contributed by atoms with Crippen LogP contribution in [0.3, 0.4) is 0 Å². The molecule has 0 radical (unpaired) electrons. The van der Waals surface area contributed by atoms with E-state index in [1.807, 2.05) is 43.3 Å². The van der Waals surface area contributed by atoms with Crippen molar-refractivity contribution in [1.82, 2.24) is 15.0 Å². The lowest BCUT2D eigenvalue weighted by molar-refractivity contribution is 0.102. The molecule has 2 aromatic carbocycles. The number of methoxy groups -OCH3 is 2. The first-order chi connectivity index (χ1) is 16.5. The number of thioether (sulfide) groups is 1. The van der Waals surface area contributed by atoms with Crippen LogP contribution in [-0.2, 0) is 6.54 Å². The summed E-state index contributed by atoms with van der Waals surface area (Å²) in [5.74, 6) is 0.904. The molecule has 0 spiro atoms. The van der Waals surface area contributed by atoms with Crippen LogP contribution in [0.25, 0.3) is 0 Å². The minimum Gasteiger partial charge on any atom is -0.493 e. The van der Waals surface area contributed by atoms with E-state index in [1.165, 1.54) is 29.3 Å². The van der Waals surface area contributed by atoms with Gasteiger partial charge in [0, 0.05) is 11.3 Å². The average Bonchev–Trinajstić information content (AvgIpc) is 3.41. The molecule has 2 amide bonds. The first kappa shape index (κ1) is 23.4. The van der Waals surface area contributed by atoms with Crippen molar-refractivity contribution in [3.05, 3.63) is 71.8 Å². The maximum Gasteiger partial charge on any atom is 0.302 e. The zero-order chi connectivity index (χ0) is 24.1. The standard InChI is InChI=1S/C24H25N5O4S/c1-4-21-22(15-9-10-19(32-2)20(11-15)33-3)28-29(24(31)34-21)13-16-7-5-6-8-17(16)27-23(30)18-12-25-14-26-18/h5-12,14,21H,4,13H2,1-3H3,(H,25,26)(H,27,30). The Morgan fingerprint density at radius 1 is 1.18 bits per heavy atom. The minimum absolute atomic E-state index is 0.0859. The second-order valence-electron chi connectivity index (χ2n) is 7.47. The summed E-state index contributed by atoms with van der Waals surface area (Å²) in [6.07, 6.45) is 3.64. The number of rotatable bonds is 8. The summed E-state index contributed by atoms with van der Waals surface area (Å²) < 4.78 is 10.8. The SMILES string of the molecule is CCC1SC(=O)N(Cc2ccccc2NC(=O)c2cnc[nH]2)N=C1c1ccc(OC)c(OC)c1. The number of aromatic amines is 1. The van der Waals surface area contributed by atoms with Crippen molar-refractivity contribution in [2.45, 2.75) is 25.1 Å². The molecule has 1 aliphatic rings. The summed E-state index contributed by atoms with van der Waals surface area (Å²) >= 11 is 1.24. The van der Waals surface area contributed by atoms with Gasteiger partial charge in [0.15, 0.2) is 11.5 Å². The second kappa shape index (κ2) is 10.4. The van der Waals surface area contributed by atoms with E-state index >= 15 is 0 Å². The fourth-order valence-electron chi connectivity index (χ4n) is 3.60. The topological polar surface area (TPSA) is 109 Å². The van der Waals surface area contributed by atoms with E-state index in [0.717, 1.165) is 23.3 Å². The molecule has 2 N–H and O–H groups in total. The molecule has 10 heteroatoms. The molecular weight excluding hydrogens is 454 g/mol. The number of nitrogens with one attached hydrogen (secondary N) is 2. The van der Waals surface area contributed by atoms with E-state index in [2.05, 4.69) is 15.3 Å². The molecule has 3 aromatic rings. The van der Waals surface area contributed by atoms with Crippen LogP contribution in [0, 0.1) is 0 Å². The first-order valence-electron chi connectivity index (χ1n) is 10.7. The van der Waals surface area contributed by atoms with E-state index in [9.17, 15) is 9.59 Å². The average molecular weight is 480 g/mol. The summed E-state index contributed by atoms with van der Waals surface area (Å²) in [5, 5.41) is 8.81. The number of H-pyrrole nitrogens is 1. The van der Waals surface area contributed by atoms with Crippen LogP contribution in [-0.4, -0.2) is 51.3 Å². The van der Waals surface area contributed by atoms with Gasteiger partial charge >= 0.3 is 5.24 Å². The number of nitrogens with zero attached hydrogens (tertiary/aromatic N) is 3. The second-order valence-corrected chi connectivity index (χ2v) is 8.62. The quantitative estimate of drug-likeness (QED) is 0.491. The summed E-state index contributed by atoms with van der Waals surface area (Å²) in [4.78, 5) is 32.1. The maximum absolute atomic E-state index is 12.9. The van der Waals surface area contributed by atoms with E-state index in [1.54, 1.807) is 20.3 Å². The molecule has 0 saturated carbocycles. The van der Waals surface area contributed by atoms with Gasteiger partial charge in [0.2, 0.25) is 0 Å². The number of carbonyl (C=O) groups is 2. The van der Waals surface area contributed by atoms with Crippen molar-refractivity contribution in [1.29, 1.82) is 0 Å². The molecule has 0 aliphatic carbocycles. The van der Waals surface area contributed by atoms with E-state index in [0.29, 0.717) is 22.9 Å². The van der Waals surface area contributed by atoms with Crippen LogP contribution in [0.2, 0.25) is 0 Å². The highest BCUT2D eigenvalue weighted by Gasteiger charge is 2.31. The molecular formula is C24H25N5O4S. The van der Waals surface area contributed by atoms with Crippen LogP contribution in [0.5, 0.6) is 11.5 Å². The lowest BCUT2D eigenvalue weighted by Gasteiger charge is -2.29. The number of benzene rings is 2. The van der Waals surface area contributed by atoms with Crippen LogP contribution < -0.4 is 14.8 Å². The molecule has 1 atom stereocenters. The zero-order valence-electron chi connectivity index (χ0n) is 19.1. The number of ether oxygens (including phenoxy) is 2. The largest absolute Gasteiger partial charge is 0.493 e. The summed E-state index contributed by atoms with van der Waals surface area (Å²) in [7, 11) is 3.17. The fraction of sp³-hybridized carbons (Fsp3) is 0.250. The molecule has 1 unspecified atom stereocenters. The molecule has 0 fully saturated rings. The third-order valence-electron chi connectivity index (χ3n) is 5.37. The monoisotopic (exact) mass is 479 g/mol. The van der Waals surface area contributed by atoms with Crippen molar-refractivity contribution in [3.8, 4) is 11.5 Å². The maximum atomic E-state index is 12.9. The van der Waals surface area contributed by atoms with Gasteiger partial charge in [-0.15, -0.1) is 0 Å². The number of carbonyl (C=O) groups excluding carboxylic acids is 2. The van der Waals surface area contributed by atoms with Gasteiger partial charge in [-0.1, -0.05) is 36.9 Å². The Bertz CT molecular complexity index is 1210. The van der Waals surface area contributed by atoms with Crippen molar-refractivity contribution in [2.24, 2.45) is 5.10 Å². The molecule has 1 aromatic heterocycles. The zero-order valence-corrected chi connectivity index (χ0v) is 19.9. The number of amides is 2. The van der Waals surface area contributed by atoms with Gasteiger partial charge in [0.05, 0.1) is 44.3 Å². The van der Waals surface area contributed by atoms with Gasteiger partial charge in [0.25, 0.3) is 5.91 Å². The number of anilines is 1. The van der Waals surface area contributed by atoms with Crippen molar-refractivity contribution in [3.63, 3.8) is 0 Å². The van der Waals surface area contributed by atoms with Crippen LogP contribution in [0.1, 0.15) is 35.0 Å². The Morgan fingerprint density at radius 3 is 2.68 bits per heavy atom. The third kappa shape index (κ3) is 4.91. The van der Waals surface area contributed by atoms with Gasteiger partial charge in [0.1, 0.15) is 5.69 Å². The fourth-order valence-corrected chi connectivity index (χ4v) is 4.53. The lowest BCUT2D eigenvalue weighted by Crippen LogP contribution is -2.35. The molecule has 0 bridgehead atoms. The molecule has 34 heavy (non-hydrogen) atoms. The Morgan fingerprint density at radius 2 is 1.97 bits per heavy atom. The molecule has 4 rings (SSSR count). The van der Waals surface area contributed by atoms with Crippen LogP contribution in [0.4, 0.5) is 10.5 Å². The number of para-hydroxylation sites is 1. The van der Waals surface area contributed by atoms with Gasteiger partial charge in [-0.3, -0.25) is 9.59 Å². The van der Waals surface area contributed by atoms with Crippen molar-refractivity contribution >= 4 is 34.3 Å². The van der Waals surface area contributed by atoms with Crippen LogP contribution in [0.15, 0.2) is 60.1 Å². The van der Waals surface area contributed by atoms with Gasteiger partial charge in [-0.2, -0.15) is 5.10 Å². The van der Waals surface area contributed by atoms with Gasteiger partial charge in [-0.25, -0.2) is 9.99 Å². The molecule has 0 saturated heterocycles. The first-order valence-corrected chi connectivity index (χ1v) is 11.6. The minimum atomic E-state index is -0.315. The number of hydrazone groups is 1. The van der Waals surface area contributed by atoms with Gasteiger partial charge in [-0.05, 0) is 36.2 Å². The van der Waals surface area contributed by atoms with E-state index in [4.69, 9.17) is 14.6 Å². The molecule has 2 heterocycles. The summed E-state index contributed by atoms with van der Waals surface area (Å²) in [6.45, 7) is 2.23. The third-order valence-corrected chi connectivity index (χ3v) is 6.62. The number of hydrogen-bond donors (Lipinski definition) is 2. The summed E-state index contributed by atoms with van der Waals surface area (Å²) in [5.41, 5.74) is 3.34. The Balaban J connectivity index is 1.63.